The quantitative estimate of drug-likeness (QED) is 0.298. The fourth-order valence-electron chi connectivity index (χ4n) is 4.36. The first-order chi connectivity index (χ1) is 15.7. The van der Waals surface area contributed by atoms with Crippen molar-refractivity contribution in [3.63, 3.8) is 0 Å². The second-order valence-electron chi connectivity index (χ2n) is 8.20. The molecular weight excluding hydrogens is 438 g/mol. The summed E-state index contributed by atoms with van der Waals surface area (Å²) in [5.74, 6) is -1.54. The van der Waals surface area contributed by atoms with Gasteiger partial charge in [0.1, 0.15) is 11.5 Å². The van der Waals surface area contributed by atoms with Crippen LogP contribution in [0, 0.1) is 20.8 Å². The van der Waals surface area contributed by atoms with Crippen molar-refractivity contribution in [1.82, 2.24) is 0 Å². The highest BCUT2D eigenvalue weighted by molar-refractivity contribution is 6.52. The van der Waals surface area contributed by atoms with Gasteiger partial charge in [0, 0.05) is 5.69 Å². The maximum absolute atomic E-state index is 13.4. The number of benzene rings is 3. The summed E-state index contributed by atoms with van der Waals surface area (Å²) in [7, 11) is 1.44. The van der Waals surface area contributed by atoms with Gasteiger partial charge < -0.3 is 9.84 Å². The predicted octanol–water partition coefficient (Wildman–Crippen LogP) is 5.90. The second-order valence-corrected chi connectivity index (χ2v) is 8.60. The van der Waals surface area contributed by atoms with E-state index in [2.05, 4.69) is 0 Å². The number of amides is 1. The van der Waals surface area contributed by atoms with Crippen molar-refractivity contribution < 1.29 is 19.4 Å². The van der Waals surface area contributed by atoms with Gasteiger partial charge >= 0.3 is 0 Å². The fraction of sp³-hybridized carbons (Fsp3) is 0.185. The van der Waals surface area contributed by atoms with Crippen LogP contribution in [0.5, 0.6) is 5.75 Å². The number of aryl methyl sites for hydroxylation is 3. The number of carbonyl (C=O) groups excluding carboxylic acids is 2. The summed E-state index contributed by atoms with van der Waals surface area (Å²) < 4.78 is 5.42. The van der Waals surface area contributed by atoms with Crippen molar-refractivity contribution in [2.24, 2.45) is 0 Å². The second kappa shape index (κ2) is 8.75. The molecule has 1 aliphatic rings. The number of rotatable bonds is 4. The highest BCUT2D eigenvalue weighted by Crippen LogP contribution is 2.45. The molecular formula is C27H24ClNO4. The van der Waals surface area contributed by atoms with Crippen LogP contribution in [-0.2, 0) is 9.59 Å². The van der Waals surface area contributed by atoms with Crippen LogP contribution in [0.1, 0.15) is 33.9 Å². The molecule has 1 heterocycles. The Morgan fingerprint density at radius 2 is 1.67 bits per heavy atom. The van der Waals surface area contributed by atoms with Gasteiger partial charge in [0.05, 0.1) is 29.3 Å². The molecule has 0 aliphatic carbocycles. The number of halogens is 1. The summed E-state index contributed by atoms with van der Waals surface area (Å²) in [5, 5.41) is 11.7. The van der Waals surface area contributed by atoms with E-state index in [0.29, 0.717) is 16.3 Å². The van der Waals surface area contributed by atoms with E-state index in [1.807, 2.05) is 69.3 Å². The molecule has 3 aromatic rings. The van der Waals surface area contributed by atoms with E-state index in [1.165, 1.54) is 12.0 Å². The minimum atomic E-state index is -0.809. The van der Waals surface area contributed by atoms with Crippen molar-refractivity contribution in [2.75, 3.05) is 12.0 Å². The first-order valence-corrected chi connectivity index (χ1v) is 10.9. The van der Waals surface area contributed by atoms with Gasteiger partial charge in [-0.2, -0.15) is 0 Å². The van der Waals surface area contributed by atoms with Gasteiger partial charge in [-0.15, -0.1) is 0 Å². The summed E-state index contributed by atoms with van der Waals surface area (Å²) in [4.78, 5) is 28.1. The van der Waals surface area contributed by atoms with Gasteiger partial charge in [0.2, 0.25) is 0 Å². The molecule has 1 N–H and O–H groups in total. The number of hydrogen-bond acceptors (Lipinski definition) is 4. The lowest BCUT2D eigenvalue weighted by Gasteiger charge is -2.27. The lowest BCUT2D eigenvalue weighted by Crippen LogP contribution is -2.30. The number of carbonyl (C=O) groups is 2. The highest BCUT2D eigenvalue weighted by atomic mass is 35.5. The number of ether oxygens (including phenoxy) is 1. The van der Waals surface area contributed by atoms with Gasteiger partial charge in [0.25, 0.3) is 11.7 Å². The average molecular weight is 462 g/mol. The van der Waals surface area contributed by atoms with E-state index in [0.717, 1.165) is 16.7 Å². The first-order valence-electron chi connectivity index (χ1n) is 10.5. The van der Waals surface area contributed by atoms with Crippen LogP contribution in [0.2, 0.25) is 5.02 Å². The molecule has 0 radical (unpaired) electrons. The van der Waals surface area contributed by atoms with Crippen molar-refractivity contribution in [3.05, 3.63) is 99.1 Å². The molecule has 1 unspecified atom stereocenters. The Morgan fingerprint density at radius 1 is 0.970 bits per heavy atom. The number of ketones is 1. The molecule has 1 fully saturated rings. The molecule has 3 aromatic carbocycles. The van der Waals surface area contributed by atoms with E-state index >= 15 is 0 Å². The zero-order valence-corrected chi connectivity index (χ0v) is 19.6. The predicted molar refractivity (Wildman–Crippen MR) is 130 cm³/mol. The summed E-state index contributed by atoms with van der Waals surface area (Å²) in [6.45, 7) is 5.69. The third-order valence-electron chi connectivity index (χ3n) is 5.82. The molecule has 5 nitrogen and oxygen atoms in total. The molecule has 33 heavy (non-hydrogen) atoms. The molecule has 1 amide bonds. The highest BCUT2D eigenvalue weighted by Gasteiger charge is 2.47. The molecule has 1 aliphatic heterocycles. The zero-order chi connectivity index (χ0) is 23.9. The first kappa shape index (κ1) is 22.6. The Balaban J connectivity index is 2.02. The van der Waals surface area contributed by atoms with E-state index in [9.17, 15) is 14.7 Å². The monoisotopic (exact) mass is 461 g/mol. The van der Waals surface area contributed by atoms with Crippen molar-refractivity contribution >= 4 is 34.7 Å². The van der Waals surface area contributed by atoms with Crippen LogP contribution in [0.25, 0.3) is 5.76 Å². The zero-order valence-electron chi connectivity index (χ0n) is 18.8. The molecule has 0 saturated carbocycles. The van der Waals surface area contributed by atoms with Gasteiger partial charge in [0.15, 0.2) is 0 Å². The van der Waals surface area contributed by atoms with E-state index < -0.39 is 17.7 Å². The Labute approximate surface area is 197 Å². The molecule has 1 saturated heterocycles. The fourth-order valence-corrected chi connectivity index (χ4v) is 4.72. The number of aliphatic hydroxyl groups excluding tert-OH is 1. The average Bonchev–Trinajstić information content (AvgIpc) is 3.04. The Kier molecular flexibility index (Phi) is 6.00. The molecule has 1 atom stereocenters. The topological polar surface area (TPSA) is 66.8 Å². The molecule has 0 spiro atoms. The van der Waals surface area contributed by atoms with Crippen LogP contribution < -0.4 is 9.64 Å². The van der Waals surface area contributed by atoms with Crippen molar-refractivity contribution in [1.29, 1.82) is 0 Å². The van der Waals surface area contributed by atoms with Crippen LogP contribution in [0.4, 0.5) is 5.69 Å². The molecule has 0 aromatic heterocycles. The van der Waals surface area contributed by atoms with Crippen LogP contribution in [-0.4, -0.2) is 23.9 Å². The standard InChI is InChI=1S/C27H24ClNO4/c1-15-10-11-21(17(3)12-15)29-23(18-8-6-5-7-9-18)22(25(31)27(29)32)24(30)19-13-16(2)14-20(28)26(19)33-4/h5-14,23,30H,1-4H3/b24-22+. The number of methoxy groups -OCH3 is 1. The Bertz CT molecular complexity index is 1300. The maximum Gasteiger partial charge on any atom is 0.300 e. The van der Waals surface area contributed by atoms with Gasteiger partial charge in [-0.3, -0.25) is 14.5 Å². The number of nitrogens with zero attached hydrogens (tertiary/aromatic N) is 1. The smallest absolute Gasteiger partial charge is 0.300 e. The van der Waals surface area contributed by atoms with Crippen LogP contribution >= 0.6 is 11.6 Å². The third kappa shape index (κ3) is 3.89. The minimum Gasteiger partial charge on any atom is -0.507 e. The molecule has 0 bridgehead atoms. The third-order valence-corrected chi connectivity index (χ3v) is 6.10. The number of anilines is 1. The SMILES string of the molecule is COc1c(Cl)cc(C)cc1/C(O)=C1\C(=O)C(=O)N(c2ccc(C)cc2C)C1c1ccccc1. The number of hydrogen-bond donors (Lipinski definition) is 1. The lowest BCUT2D eigenvalue weighted by atomic mass is 9.94. The van der Waals surface area contributed by atoms with Gasteiger partial charge in [-0.05, 0) is 55.7 Å². The normalized spacial score (nSPS) is 17.5. The largest absolute Gasteiger partial charge is 0.507 e. The Morgan fingerprint density at radius 3 is 2.30 bits per heavy atom. The Hall–Kier alpha value is -3.57. The van der Waals surface area contributed by atoms with E-state index in [-0.39, 0.29) is 22.6 Å². The number of Topliss-reactive ketones (excluding diaryl/α,β-unsaturated/α-hetero) is 1. The van der Waals surface area contributed by atoms with Crippen molar-refractivity contribution in [2.45, 2.75) is 26.8 Å². The summed E-state index contributed by atoms with van der Waals surface area (Å²) >= 11 is 6.34. The molecule has 168 valence electrons. The van der Waals surface area contributed by atoms with Gasteiger partial charge in [-0.25, -0.2) is 0 Å². The maximum atomic E-state index is 13.4. The summed E-state index contributed by atoms with van der Waals surface area (Å²) in [6.07, 6.45) is 0. The van der Waals surface area contributed by atoms with Crippen LogP contribution in [0.3, 0.4) is 0 Å². The lowest BCUT2D eigenvalue weighted by molar-refractivity contribution is -0.132. The van der Waals surface area contributed by atoms with E-state index in [4.69, 9.17) is 16.3 Å². The molecule has 6 heteroatoms. The summed E-state index contributed by atoms with van der Waals surface area (Å²) in [5.41, 5.74) is 4.26. The number of aliphatic hydroxyl groups is 1. The minimum absolute atomic E-state index is 0.00820. The van der Waals surface area contributed by atoms with Crippen LogP contribution in [0.15, 0.2) is 66.2 Å². The molecule has 4 rings (SSSR count). The van der Waals surface area contributed by atoms with Crippen molar-refractivity contribution in [3.8, 4) is 5.75 Å². The van der Waals surface area contributed by atoms with E-state index in [1.54, 1.807) is 12.1 Å². The summed E-state index contributed by atoms with van der Waals surface area (Å²) in [6, 6.07) is 17.5. The van der Waals surface area contributed by atoms with Gasteiger partial charge in [-0.1, -0.05) is 59.6 Å².